The van der Waals surface area contributed by atoms with Gasteiger partial charge in [0.15, 0.2) is 0 Å². The number of halogens is 2. The molecule has 0 bridgehead atoms. The molecule has 74 valence electrons. The number of hydrogen-bond donors (Lipinski definition) is 2. The van der Waals surface area contributed by atoms with E-state index in [0.29, 0.717) is 15.7 Å². The van der Waals surface area contributed by atoms with Gasteiger partial charge in [-0.25, -0.2) is 0 Å². The average molecular weight is 233 g/mol. The predicted octanol–water partition coefficient (Wildman–Crippen LogP) is 2.40. The summed E-state index contributed by atoms with van der Waals surface area (Å²) >= 11 is 11.5. The second-order valence-electron chi connectivity index (χ2n) is 2.30. The number of nitrogens with two attached hydrogens (primary N) is 1. The SMILES string of the molecule is N/C(N=O)=N/Nc1ccc(Cl)cc1Cl. The monoisotopic (exact) mass is 232 g/mol. The molecule has 0 aromatic heterocycles. The van der Waals surface area contributed by atoms with E-state index in [1.807, 2.05) is 0 Å². The molecular formula is C7H6Cl2N4O. The Morgan fingerprint density at radius 2 is 2.14 bits per heavy atom. The molecule has 0 saturated carbocycles. The van der Waals surface area contributed by atoms with Gasteiger partial charge in [-0.15, -0.1) is 10.0 Å². The van der Waals surface area contributed by atoms with Gasteiger partial charge in [-0.05, 0) is 18.2 Å². The first-order valence-electron chi connectivity index (χ1n) is 3.51. The van der Waals surface area contributed by atoms with Crippen LogP contribution in [0.25, 0.3) is 0 Å². The molecule has 0 fully saturated rings. The summed E-state index contributed by atoms with van der Waals surface area (Å²) in [6.45, 7) is 0. The van der Waals surface area contributed by atoms with Crippen LogP contribution < -0.4 is 11.2 Å². The smallest absolute Gasteiger partial charge is 0.279 e. The van der Waals surface area contributed by atoms with Gasteiger partial charge in [0.25, 0.3) is 5.96 Å². The fourth-order valence-electron chi connectivity index (χ4n) is 0.718. The molecule has 0 radical (unpaired) electrons. The minimum Gasteiger partial charge on any atom is -0.364 e. The number of nitroso groups, excluding NO2 is 1. The number of hydrazone groups is 1. The topological polar surface area (TPSA) is 79.8 Å². The van der Waals surface area contributed by atoms with E-state index in [0.717, 1.165) is 0 Å². The Hall–Kier alpha value is -1.33. The highest BCUT2D eigenvalue weighted by atomic mass is 35.5. The minimum atomic E-state index is -0.406. The van der Waals surface area contributed by atoms with E-state index >= 15 is 0 Å². The number of rotatable bonds is 2. The summed E-state index contributed by atoms with van der Waals surface area (Å²) in [7, 11) is 0. The molecule has 0 amide bonds. The second-order valence-corrected chi connectivity index (χ2v) is 3.14. The first-order valence-corrected chi connectivity index (χ1v) is 4.26. The van der Waals surface area contributed by atoms with Crippen LogP contribution in [0, 0.1) is 4.91 Å². The van der Waals surface area contributed by atoms with Gasteiger partial charge in [0.2, 0.25) is 0 Å². The van der Waals surface area contributed by atoms with E-state index in [1.54, 1.807) is 12.1 Å². The van der Waals surface area contributed by atoms with Crippen LogP contribution in [0.4, 0.5) is 5.69 Å². The Kier molecular flexibility index (Phi) is 3.67. The summed E-state index contributed by atoms with van der Waals surface area (Å²) in [4.78, 5) is 9.87. The average Bonchev–Trinajstić information content (AvgIpc) is 2.16. The summed E-state index contributed by atoms with van der Waals surface area (Å²) in [6, 6.07) is 4.76. The summed E-state index contributed by atoms with van der Waals surface area (Å²) in [5.74, 6) is -0.406. The third-order valence-electron chi connectivity index (χ3n) is 1.32. The van der Waals surface area contributed by atoms with Crippen LogP contribution in [0.3, 0.4) is 0 Å². The zero-order valence-corrected chi connectivity index (χ0v) is 8.38. The molecule has 14 heavy (non-hydrogen) atoms. The van der Waals surface area contributed by atoms with E-state index in [4.69, 9.17) is 28.9 Å². The number of nitrogens with one attached hydrogen (secondary N) is 1. The van der Waals surface area contributed by atoms with Crippen LogP contribution in [-0.4, -0.2) is 5.96 Å². The lowest BCUT2D eigenvalue weighted by molar-refractivity contribution is 1.28. The minimum absolute atomic E-state index is 0.375. The van der Waals surface area contributed by atoms with Crippen molar-refractivity contribution in [2.24, 2.45) is 16.0 Å². The van der Waals surface area contributed by atoms with Crippen LogP contribution in [-0.2, 0) is 0 Å². The van der Waals surface area contributed by atoms with Gasteiger partial charge in [-0.3, -0.25) is 5.43 Å². The molecule has 0 aliphatic carbocycles. The Bertz CT molecular complexity index is 380. The lowest BCUT2D eigenvalue weighted by Gasteiger charge is -2.02. The number of benzene rings is 1. The van der Waals surface area contributed by atoms with Crippen molar-refractivity contribution >= 4 is 34.8 Å². The fourth-order valence-corrected chi connectivity index (χ4v) is 1.17. The fraction of sp³-hybridized carbons (Fsp3) is 0. The number of hydrogen-bond acceptors (Lipinski definition) is 3. The maximum absolute atomic E-state index is 9.87. The van der Waals surface area contributed by atoms with Gasteiger partial charge in [0, 0.05) is 10.2 Å². The highest BCUT2D eigenvalue weighted by molar-refractivity contribution is 6.36. The second kappa shape index (κ2) is 4.78. The van der Waals surface area contributed by atoms with E-state index in [1.165, 1.54) is 6.07 Å². The largest absolute Gasteiger partial charge is 0.364 e. The van der Waals surface area contributed by atoms with Crippen LogP contribution in [0.15, 0.2) is 28.5 Å². The molecule has 7 heteroatoms. The zero-order chi connectivity index (χ0) is 10.6. The molecule has 0 aliphatic heterocycles. The molecule has 3 N–H and O–H groups in total. The third kappa shape index (κ3) is 2.86. The van der Waals surface area contributed by atoms with Crippen molar-refractivity contribution in [2.75, 3.05) is 5.43 Å². The lowest BCUT2D eigenvalue weighted by atomic mass is 10.3. The van der Waals surface area contributed by atoms with Gasteiger partial charge in [0.05, 0.1) is 10.7 Å². The highest BCUT2D eigenvalue weighted by Crippen LogP contribution is 2.25. The first-order chi connectivity index (χ1) is 6.63. The zero-order valence-electron chi connectivity index (χ0n) is 6.87. The molecule has 0 heterocycles. The van der Waals surface area contributed by atoms with Crippen molar-refractivity contribution in [3.63, 3.8) is 0 Å². The van der Waals surface area contributed by atoms with E-state index in [2.05, 4.69) is 15.7 Å². The Morgan fingerprint density at radius 3 is 2.71 bits per heavy atom. The molecule has 1 aromatic carbocycles. The van der Waals surface area contributed by atoms with E-state index in [9.17, 15) is 4.91 Å². The molecule has 0 saturated heterocycles. The van der Waals surface area contributed by atoms with Gasteiger partial charge in [-0.2, -0.15) is 0 Å². The maximum atomic E-state index is 9.87. The van der Waals surface area contributed by atoms with Crippen molar-refractivity contribution in [1.29, 1.82) is 0 Å². The molecule has 5 nitrogen and oxygen atoms in total. The molecule has 0 aliphatic rings. The molecule has 1 rings (SSSR count). The summed E-state index contributed by atoms with van der Waals surface area (Å²) in [5.41, 5.74) is 8.00. The molecular weight excluding hydrogens is 227 g/mol. The highest BCUT2D eigenvalue weighted by Gasteiger charge is 1.99. The lowest BCUT2D eigenvalue weighted by Crippen LogP contribution is -2.09. The van der Waals surface area contributed by atoms with Gasteiger partial charge in [0.1, 0.15) is 0 Å². The van der Waals surface area contributed by atoms with Crippen molar-refractivity contribution in [1.82, 2.24) is 0 Å². The van der Waals surface area contributed by atoms with Gasteiger partial charge < -0.3 is 5.73 Å². The van der Waals surface area contributed by atoms with Gasteiger partial charge in [-0.1, -0.05) is 23.2 Å². The van der Waals surface area contributed by atoms with Crippen molar-refractivity contribution in [3.8, 4) is 0 Å². The van der Waals surface area contributed by atoms with Crippen molar-refractivity contribution < 1.29 is 0 Å². The summed E-state index contributed by atoms with van der Waals surface area (Å²) in [6.07, 6.45) is 0. The Labute approximate surface area is 89.9 Å². The van der Waals surface area contributed by atoms with Crippen LogP contribution in [0.2, 0.25) is 10.0 Å². The Balaban J connectivity index is 2.82. The van der Waals surface area contributed by atoms with Crippen molar-refractivity contribution in [3.05, 3.63) is 33.2 Å². The molecule has 0 atom stereocenters. The van der Waals surface area contributed by atoms with E-state index < -0.39 is 5.96 Å². The van der Waals surface area contributed by atoms with Crippen LogP contribution in [0.1, 0.15) is 0 Å². The van der Waals surface area contributed by atoms with Crippen LogP contribution in [0.5, 0.6) is 0 Å². The summed E-state index contributed by atoms with van der Waals surface area (Å²) in [5, 5.41) is 6.72. The summed E-state index contributed by atoms with van der Waals surface area (Å²) < 4.78 is 0. The number of nitrogens with zero attached hydrogens (tertiary/aromatic N) is 2. The van der Waals surface area contributed by atoms with Crippen LogP contribution >= 0.6 is 23.2 Å². The van der Waals surface area contributed by atoms with E-state index in [-0.39, 0.29) is 0 Å². The number of guanidine groups is 1. The maximum Gasteiger partial charge on any atom is 0.279 e. The number of anilines is 1. The molecule has 1 aromatic rings. The standard InChI is InChI=1S/C7H6Cl2N4O/c8-4-1-2-6(5(9)3-4)11-12-7(10)13-14/h1-3,11H,(H2,10,12). The predicted molar refractivity (Wildman–Crippen MR) is 57.5 cm³/mol. The third-order valence-corrected chi connectivity index (χ3v) is 1.86. The molecule has 0 unspecified atom stereocenters. The first kappa shape index (κ1) is 10.7. The normalized spacial score (nSPS) is 11.1. The molecule has 0 spiro atoms. The quantitative estimate of drug-likeness (QED) is 0.356. The van der Waals surface area contributed by atoms with Gasteiger partial charge >= 0.3 is 0 Å². The van der Waals surface area contributed by atoms with Crippen molar-refractivity contribution in [2.45, 2.75) is 0 Å². The Morgan fingerprint density at radius 1 is 1.43 bits per heavy atom.